The molecule has 0 unspecified atom stereocenters. The van der Waals surface area contributed by atoms with E-state index < -0.39 is 5.91 Å². The third kappa shape index (κ3) is 7.78. The van der Waals surface area contributed by atoms with Gasteiger partial charge >= 0.3 is 0 Å². The largest absolute Gasteiger partial charge is 0.437 e. The molecule has 1 heterocycles. The summed E-state index contributed by atoms with van der Waals surface area (Å²) in [6, 6.07) is 14.4. The zero-order valence-electron chi connectivity index (χ0n) is 20.3. The molecule has 1 aromatic heterocycles. The minimum absolute atomic E-state index is 0.0925. The minimum Gasteiger partial charge on any atom is -0.437 e. The van der Waals surface area contributed by atoms with Crippen LogP contribution in [0.15, 0.2) is 42.6 Å². The first kappa shape index (κ1) is 26.7. The van der Waals surface area contributed by atoms with Crippen LogP contribution >= 0.6 is 0 Å². The SMILES string of the molecule is Cc1cc(C#N)cc(C)c1Oc1nc(Nc2ccc(C#N)cc2)ncc1C#CC(=O)NCCOCCO. The number of nitriles is 2. The van der Waals surface area contributed by atoms with Gasteiger partial charge in [0.15, 0.2) is 0 Å². The van der Waals surface area contributed by atoms with Crippen LogP contribution in [0.2, 0.25) is 0 Å². The zero-order chi connectivity index (χ0) is 26.6. The third-order valence-electron chi connectivity index (χ3n) is 4.89. The molecule has 0 saturated heterocycles. The highest BCUT2D eigenvalue weighted by atomic mass is 16.5. The number of ether oxygens (including phenoxy) is 2. The molecule has 0 fully saturated rings. The number of hydrogen-bond donors (Lipinski definition) is 3. The molecule has 0 radical (unpaired) electrons. The lowest BCUT2D eigenvalue weighted by Crippen LogP contribution is -2.26. The van der Waals surface area contributed by atoms with Crippen LogP contribution in [0.4, 0.5) is 11.6 Å². The van der Waals surface area contributed by atoms with Crippen LogP contribution in [0.1, 0.15) is 27.8 Å². The van der Waals surface area contributed by atoms with Crippen LogP contribution in [0.5, 0.6) is 11.6 Å². The summed E-state index contributed by atoms with van der Waals surface area (Å²) in [5, 5.41) is 32.6. The average Bonchev–Trinajstić information content (AvgIpc) is 2.90. The number of amides is 1. The quantitative estimate of drug-likeness (QED) is 0.300. The molecule has 0 aliphatic rings. The van der Waals surface area contributed by atoms with Crippen LogP contribution < -0.4 is 15.4 Å². The van der Waals surface area contributed by atoms with Crippen molar-refractivity contribution in [3.63, 3.8) is 0 Å². The van der Waals surface area contributed by atoms with Gasteiger partial charge in [0, 0.05) is 18.2 Å². The van der Waals surface area contributed by atoms with Crippen LogP contribution in [0, 0.1) is 48.4 Å². The Bertz CT molecular complexity index is 1390. The van der Waals surface area contributed by atoms with Crippen molar-refractivity contribution in [2.75, 3.05) is 31.7 Å². The maximum atomic E-state index is 12.1. The highest BCUT2D eigenvalue weighted by Crippen LogP contribution is 2.31. The highest BCUT2D eigenvalue weighted by molar-refractivity contribution is 5.94. The third-order valence-corrected chi connectivity index (χ3v) is 4.89. The topological polar surface area (TPSA) is 153 Å². The first-order chi connectivity index (χ1) is 17.9. The first-order valence-electron chi connectivity index (χ1n) is 11.3. The van der Waals surface area contributed by atoms with Gasteiger partial charge in [-0.2, -0.15) is 15.5 Å². The summed E-state index contributed by atoms with van der Waals surface area (Å²) < 4.78 is 11.2. The molecular formula is C27H24N6O4. The molecule has 2 aromatic carbocycles. The van der Waals surface area contributed by atoms with Crippen molar-refractivity contribution < 1.29 is 19.4 Å². The number of nitrogens with one attached hydrogen (secondary N) is 2. The van der Waals surface area contributed by atoms with Crippen molar-refractivity contribution in [1.29, 1.82) is 10.5 Å². The zero-order valence-corrected chi connectivity index (χ0v) is 20.3. The van der Waals surface area contributed by atoms with Crippen molar-refractivity contribution in [3.8, 4) is 35.6 Å². The summed E-state index contributed by atoms with van der Waals surface area (Å²) >= 11 is 0. The van der Waals surface area contributed by atoms with Crippen LogP contribution in [0.25, 0.3) is 0 Å². The van der Waals surface area contributed by atoms with E-state index >= 15 is 0 Å². The van der Waals surface area contributed by atoms with Gasteiger partial charge in [-0.3, -0.25) is 4.79 Å². The van der Waals surface area contributed by atoms with Crippen LogP contribution in [0.3, 0.4) is 0 Å². The van der Waals surface area contributed by atoms with E-state index in [1.54, 1.807) is 36.4 Å². The molecule has 0 spiro atoms. The van der Waals surface area contributed by atoms with Crippen molar-refractivity contribution >= 4 is 17.5 Å². The van der Waals surface area contributed by atoms with E-state index in [9.17, 15) is 10.1 Å². The number of aliphatic hydroxyl groups is 1. The van der Waals surface area contributed by atoms with Gasteiger partial charge in [-0.05, 0) is 67.3 Å². The standard InChI is InChI=1S/C27H24N6O4/c1-18-13-21(16-29)14-19(2)25(18)37-26-22(5-8-24(35)30-9-11-36-12-10-34)17-31-27(33-26)32-23-6-3-20(15-28)4-7-23/h3-4,6-7,13-14,17,34H,9-12H2,1-2H3,(H,30,35)(H,31,32,33). The Morgan fingerprint density at radius 1 is 1.05 bits per heavy atom. The number of carbonyl (C=O) groups is 1. The molecule has 0 bridgehead atoms. The molecule has 3 aromatic rings. The summed E-state index contributed by atoms with van der Waals surface area (Å²) in [7, 11) is 0. The molecule has 186 valence electrons. The lowest BCUT2D eigenvalue weighted by atomic mass is 10.1. The molecule has 37 heavy (non-hydrogen) atoms. The number of hydrogen-bond acceptors (Lipinski definition) is 9. The first-order valence-corrected chi connectivity index (χ1v) is 11.3. The van der Waals surface area contributed by atoms with Crippen molar-refractivity contribution in [3.05, 3.63) is 70.4 Å². The van der Waals surface area contributed by atoms with Crippen molar-refractivity contribution in [2.24, 2.45) is 0 Å². The van der Waals surface area contributed by atoms with Crippen molar-refractivity contribution in [1.82, 2.24) is 15.3 Å². The number of anilines is 2. The lowest BCUT2D eigenvalue weighted by molar-refractivity contribution is -0.115. The molecule has 10 nitrogen and oxygen atoms in total. The molecule has 0 aliphatic heterocycles. The summed E-state index contributed by atoms with van der Waals surface area (Å²) in [4.78, 5) is 20.8. The number of rotatable bonds is 9. The Hall–Kier alpha value is -4.95. The van der Waals surface area contributed by atoms with E-state index in [0.717, 1.165) is 11.1 Å². The van der Waals surface area contributed by atoms with Gasteiger partial charge in [0.05, 0.1) is 49.3 Å². The predicted molar refractivity (Wildman–Crippen MR) is 135 cm³/mol. The van der Waals surface area contributed by atoms with Gasteiger partial charge in [0.2, 0.25) is 11.8 Å². The van der Waals surface area contributed by atoms with Gasteiger partial charge in [-0.15, -0.1) is 0 Å². The molecular weight excluding hydrogens is 472 g/mol. The van der Waals surface area contributed by atoms with E-state index in [2.05, 4.69) is 44.6 Å². The summed E-state index contributed by atoms with van der Waals surface area (Å²) in [6.07, 6.45) is 1.44. The second kappa shape index (κ2) is 13.2. The molecule has 1 amide bonds. The normalized spacial score (nSPS) is 9.86. The molecule has 10 heteroatoms. The molecule has 0 saturated carbocycles. The van der Waals surface area contributed by atoms with Crippen LogP contribution in [-0.2, 0) is 9.53 Å². The fourth-order valence-corrected chi connectivity index (χ4v) is 3.19. The maximum Gasteiger partial charge on any atom is 0.296 e. The Kier molecular flexibility index (Phi) is 9.52. The highest BCUT2D eigenvalue weighted by Gasteiger charge is 2.14. The number of aromatic nitrogens is 2. The van der Waals surface area contributed by atoms with Gasteiger partial charge in [-0.25, -0.2) is 4.98 Å². The second-order valence-corrected chi connectivity index (χ2v) is 7.72. The van der Waals surface area contributed by atoms with Gasteiger partial charge in [-0.1, -0.05) is 0 Å². The molecule has 0 atom stereocenters. The van der Waals surface area contributed by atoms with Gasteiger partial charge in [0.25, 0.3) is 5.91 Å². The Morgan fingerprint density at radius 2 is 1.76 bits per heavy atom. The van der Waals surface area contributed by atoms with Crippen molar-refractivity contribution in [2.45, 2.75) is 13.8 Å². The van der Waals surface area contributed by atoms with E-state index in [0.29, 0.717) is 22.6 Å². The predicted octanol–water partition coefficient (Wildman–Crippen LogP) is 2.85. The Balaban J connectivity index is 1.88. The molecule has 3 N–H and O–H groups in total. The summed E-state index contributed by atoms with van der Waals surface area (Å²) in [6.45, 7) is 4.22. The number of benzene rings is 2. The number of aliphatic hydroxyl groups excluding tert-OH is 1. The fraction of sp³-hybridized carbons (Fsp3) is 0.222. The summed E-state index contributed by atoms with van der Waals surface area (Å²) in [5.74, 6) is 5.56. The Labute approximate surface area is 214 Å². The molecule has 3 rings (SSSR count). The van der Waals surface area contributed by atoms with E-state index in [4.69, 9.17) is 19.8 Å². The summed E-state index contributed by atoms with van der Waals surface area (Å²) in [5.41, 5.74) is 3.43. The van der Waals surface area contributed by atoms with E-state index in [-0.39, 0.29) is 43.8 Å². The second-order valence-electron chi connectivity index (χ2n) is 7.72. The smallest absolute Gasteiger partial charge is 0.296 e. The average molecular weight is 497 g/mol. The maximum absolute atomic E-state index is 12.1. The van der Waals surface area contributed by atoms with Gasteiger partial charge in [0.1, 0.15) is 11.3 Å². The monoisotopic (exact) mass is 496 g/mol. The van der Waals surface area contributed by atoms with Crippen LogP contribution in [-0.4, -0.2) is 47.3 Å². The number of aryl methyl sites for hydroxylation is 2. The fourth-order valence-electron chi connectivity index (χ4n) is 3.19. The Morgan fingerprint density at radius 3 is 2.41 bits per heavy atom. The van der Waals surface area contributed by atoms with E-state index in [1.807, 2.05) is 13.8 Å². The number of carbonyl (C=O) groups excluding carboxylic acids is 1. The van der Waals surface area contributed by atoms with Gasteiger partial charge < -0.3 is 25.2 Å². The lowest BCUT2D eigenvalue weighted by Gasteiger charge is -2.14. The molecule has 0 aliphatic carbocycles. The minimum atomic E-state index is -0.524. The number of nitrogens with zero attached hydrogens (tertiary/aromatic N) is 4. The van der Waals surface area contributed by atoms with E-state index in [1.165, 1.54) is 6.20 Å².